The van der Waals surface area contributed by atoms with Gasteiger partial charge in [-0.2, -0.15) is 0 Å². The van der Waals surface area contributed by atoms with Crippen LogP contribution in [0.3, 0.4) is 0 Å². The van der Waals surface area contributed by atoms with Gasteiger partial charge in [0.1, 0.15) is 5.82 Å². The molecule has 1 fully saturated rings. The molecule has 0 spiro atoms. The molecule has 0 radical (unpaired) electrons. The van der Waals surface area contributed by atoms with Crippen LogP contribution in [0.15, 0.2) is 12.1 Å². The summed E-state index contributed by atoms with van der Waals surface area (Å²) < 4.78 is 25.0. The molecule has 1 saturated heterocycles. The van der Waals surface area contributed by atoms with Gasteiger partial charge in [0.05, 0.1) is 24.3 Å². The van der Waals surface area contributed by atoms with Crippen molar-refractivity contribution in [3.05, 3.63) is 29.1 Å². The lowest BCUT2D eigenvalue weighted by Gasteiger charge is -2.25. The second kappa shape index (κ2) is 6.86. The molecule has 0 bridgehead atoms. The predicted molar refractivity (Wildman–Crippen MR) is 85.5 cm³/mol. The van der Waals surface area contributed by atoms with Crippen LogP contribution in [0.4, 0.5) is 10.1 Å². The van der Waals surface area contributed by atoms with Crippen LogP contribution in [0, 0.1) is 5.82 Å². The maximum absolute atomic E-state index is 14.4. The number of nitrogens with one attached hydrogen (secondary N) is 1. The summed E-state index contributed by atoms with van der Waals surface area (Å²) >= 11 is 0. The van der Waals surface area contributed by atoms with E-state index in [2.05, 4.69) is 5.32 Å². The summed E-state index contributed by atoms with van der Waals surface area (Å²) in [6.07, 6.45) is 1.44. The minimum absolute atomic E-state index is 0.0303. The molecule has 1 aromatic carbocycles. The molecule has 0 aliphatic carbocycles. The molecule has 2 atom stereocenters. The first kappa shape index (κ1) is 16.9. The third kappa shape index (κ3) is 3.14. The molecule has 0 saturated carbocycles. The fraction of sp³-hybridized carbons (Fsp3) is 0.529. The topological polar surface area (TPSA) is 67.9 Å². The van der Waals surface area contributed by atoms with Crippen molar-refractivity contribution in [1.29, 1.82) is 0 Å². The molecule has 24 heavy (non-hydrogen) atoms. The highest BCUT2D eigenvalue weighted by atomic mass is 19.1. The number of likely N-dealkylation sites (tertiary alicyclic amines) is 1. The number of ether oxygens (including phenoxy) is 2. The molecule has 1 N–H and O–H groups in total. The number of amides is 2. The summed E-state index contributed by atoms with van der Waals surface area (Å²) in [5, 5.41) is 2.64. The number of carbonyl (C=O) groups is 2. The molecule has 2 heterocycles. The number of rotatable bonds is 4. The van der Waals surface area contributed by atoms with E-state index < -0.39 is 5.82 Å². The van der Waals surface area contributed by atoms with Crippen LogP contribution in [-0.2, 0) is 20.7 Å². The lowest BCUT2D eigenvalue weighted by atomic mass is 9.99. The van der Waals surface area contributed by atoms with Crippen LogP contribution in [0.5, 0.6) is 0 Å². The van der Waals surface area contributed by atoms with Crippen LogP contribution in [-0.4, -0.2) is 56.2 Å². The Morgan fingerprint density at radius 2 is 2.17 bits per heavy atom. The highest BCUT2D eigenvalue weighted by Gasteiger charge is 2.37. The smallest absolute Gasteiger partial charge is 0.257 e. The molecule has 2 aliphatic heterocycles. The summed E-state index contributed by atoms with van der Waals surface area (Å²) in [5.74, 6) is -1.13. The van der Waals surface area contributed by atoms with E-state index in [4.69, 9.17) is 9.47 Å². The fourth-order valence-electron chi connectivity index (χ4n) is 3.36. The average molecular weight is 336 g/mol. The molecule has 7 heteroatoms. The van der Waals surface area contributed by atoms with Crippen LogP contribution in [0.1, 0.15) is 28.8 Å². The third-order valence-corrected chi connectivity index (χ3v) is 4.65. The number of hydrogen-bond donors (Lipinski definition) is 1. The summed E-state index contributed by atoms with van der Waals surface area (Å²) in [6, 6.07) is 2.65. The van der Waals surface area contributed by atoms with Crippen LogP contribution in [0.2, 0.25) is 0 Å². The van der Waals surface area contributed by atoms with Gasteiger partial charge in [-0.15, -0.1) is 0 Å². The minimum atomic E-state index is -0.627. The van der Waals surface area contributed by atoms with Gasteiger partial charge in [-0.25, -0.2) is 4.39 Å². The third-order valence-electron chi connectivity index (χ3n) is 4.65. The van der Waals surface area contributed by atoms with Gasteiger partial charge >= 0.3 is 0 Å². The van der Waals surface area contributed by atoms with Crippen molar-refractivity contribution in [3.63, 3.8) is 0 Å². The zero-order chi connectivity index (χ0) is 17.3. The van der Waals surface area contributed by atoms with Crippen molar-refractivity contribution in [2.24, 2.45) is 0 Å². The maximum atomic E-state index is 14.4. The highest BCUT2D eigenvalue weighted by molar-refractivity contribution is 5.98. The van der Waals surface area contributed by atoms with Gasteiger partial charge in [-0.05, 0) is 30.5 Å². The Bertz CT molecular complexity index is 664. The Hall–Kier alpha value is -1.99. The Morgan fingerprint density at radius 1 is 1.38 bits per heavy atom. The van der Waals surface area contributed by atoms with Gasteiger partial charge < -0.3 is 19.7 Å². The lowest BCUT2D eigenvalue weighted by Crippen LogP contribution is -2.39. The Labute approximate surface area is 139 Å². The molecule has 3 rings (SSSR count). The first-order valence-electron chi connectivity index (χ1n) is 7.98. The number of hydrogen-bond acceptors (Lipinski definition) is 4. The van der Waals surface area contributed by atoms with Crippen LogP contribution >= 0.6 is 0 Å². The number of benzene rings is 1. The van der Waals surface area contributed by atoms with Crippen molar-refractivity contribution < 1.29 is 23.5 Å². The zero-order valence-corrected chi connectivity index (χ0v) is 13.8. The van der Waals surface area contributed by atoms with E-state index in [1.165, 1.54) is 6.07 Å². The molecule has 2 amide bonds. The van der Waals surface area contributed by atoms with Crippen LogP contribution in [0.25, 0.3) is 0 Å². The summed E-state index contributed by atoms with van der Waals surface area (Å²) in [4.78, 5) is 25.9. The van der Waals surface area contributed by atoms with E-state index in [0.717, 1.165) is 5.56 Å². The molecule has 1 aromatic rings. The van der Waals surface area contributed by atoms with Crippen molar-refractivity contribution in [3.8, 4) is 0 Å². The van der Waals surface area contributed by atoms with Crippen molar-refractivity contribution in [1.82, 2.24) is 4.90 Å². The minimum Gasteiger partial charge on any atom is -0.383 e. The van der Waals surface area contributed by atoms with E-state index >= 15 is 0 Å². The first-order valence-corrected chi connectivity index (χ1v) is 7.98. The maximum Gasteiger partial charge on any atom is 0.257 e. The van der Waals surface area contributed by atoms with Gasteiger partial charge in [0.15, 0.2) is 0 Å². The van der Waals surface area contributed by atoms with Crippen molar-refractivity contribution >= 4 is 17.5 Å². The number of carbonyl (C=O) groups excluding carboxylic acids is 2. The van der Waals surface area contributed by atoms with Gasteiger partial charge in [0.25, 0.3) is 5.91 Å². The molecule has 6 nitrogen and oxygen atoms in total. The molecular formula is C17H21FN2O4. The van der Waals surface area contributed by atoms with Crippen molar-refractivity contribution in [2.75, 3.05) is 32.7 Å². The van der Waals surface area contributed by atoms with E-state index in [-0.39, 0.29) is 29.5 Å². The van der Waals surface area contributed by atoms with Gasteiger partial charge in [-0.3, -0.25) is 9.59 Å². The standard InChI is InChI=1S/C17H21FN2O4/c1-23-9-11-6-12(24-2)8-20(11)17(22)13-5-10-3-4-16(21)19-15(10)7-14(13)18/h5,7,11-12H,3-4,6,8-9H2,1-2H3,(H,19,21)/t11-,12+/m0/s1. The Morgan fingerprint density at radius 3 is 2.88 bits per heavy atom. The zero-order valence-electron chi connectivity index (χ0n) is 13.8. The number of methoxy groups -OCH3 is 2. The molecule has 0 unspecified atom stereocenters. The van der Waals surface area contributed by atoms with E-state index in [1.54, 1.807) is 25.2 Å². The molecule has 2 aliphatic rings. The van der Waals surface area contributed by atoms with Gasteiger partial charge in [0, 0.05) is 32.9 Å². The quantitative estimate of drug-likeness (QED) is 0.907. The number of fused-ring (bicyclic) bond motifs is 1. The summed E-state index contributed by atoms with van der Waals surface area (Å²) in [6.45, 7) is 0.796. The second-order valence-electron chi connectivity index (χ2n) is 6.20. The lowest BCUT2D eigenvalue weighted by molar-refractivity contribution is -0.116. The monoisotopic (exact) mass is 336 g/mol. The largest absolute Gasteiger partial charge is 0.383 e. The Kier molecular flexibility index (Phi) is 4.82. The molecular weight excluding hydrogens is 315 g/mol. The normalized spacial score (nSPS) is 23.1. The fourth-order valence-corrected chi connectivity index (χ4v) is 3.36. The first-order chi connectivity index (χ1) is 11.5. The SMILES string of the molecule is COC[C@@H]1C[C@@H](OC)CN1C(=O)c1cc2c(cc1F)NC(=O)CC2. The summed E-state index contributed by atoms with van der Waals surface area (Å²) in [5.41, 5.74) is 1.26. The predicted octanol–water partition coefficient (Wildman–Crippen LogP) is 1.59. The van der Waals surface area contributed by atoms with Gasteiger partial charge in [-0.1, -0.05) is 0 Å². The highest BCUT2D eigenvalue weighted by Crippen LogP contribution is 2.29. The number of halogens is 1. The molecule has 130 valence electrons. The molecule has 0 aromatic heterocycles. The number of nitrogens with zero attached hydrogens (tertiary/aromatic N) is 1. The second-order valence-corrected chi connectivity index (χ2v) is 6.20. The van der Waals surface area contributed by atoms with E-state index in [1.807, 2.05) is 0 Å². The Balaban J connectivity index is 1.88. The van der Waals surface area contributed by atoms with E-state index in [9.17, 15) is 14.0 Å². The van der Waals surface area contributed by atoms with Crippen LogP contribution < -0.4 is 5.32 Å². The van der Waals surface area contributed by atoms with Crippen molar-refractivity contribution in [2.45, 2.75) is 31.4 Å². The van der Waals surface area contributed by atoms with Gasteiger partial charge in [0.2, 0.25) is 5.91 Å². The number of aryl methyl sites for hydroxylation is 1. The average Bonchev–Trinajstić information content (AvgIpc) is 2.97. The number of anilines is 1. The summed E-state index contributed by atoms with van der Waals surface area (Å²) in [7, 11) is 3.18. The van der Waals surface area contributed by atoms with E-state index in [0.29, 0.717) is 38.1 Å².